The Kier molecular flexibility index (Phi) is 5.62. The van der Waals surface area contributed by atoms with E-state index in [0.717, 1.165) is 17.7 Å². The number of rotatable bonds is 5. The molecule has 0 saturated heterocycles. The summed E-state index contributed by atoms with van der Waals surface area (Å²) in [6.45, 7) is 8.70. The van der Waals surface area contributed by atoms with Gasteiger partial charge < -0.3 is 10.8 Å². The molecule has 0 radical (unpaired) electrons. The normalized spacial score (nSPS) is 14.5. The fourth-order valence-electron chi connectivity index (χ4n) is 0.843. The highest BCUT2D eigenvalue weighted by Gasteiger charge is 2.00. The van der Waals surface area contributed by atoms with Gasteiger partial charge in [-0.2, -0.15) is 0 Å². The lowest BCUT2D eigenvalue weighted by molar-refractivity contribution is 0.186. The Labute approximate surface area is 74.0 Å². The fraction of sp³-hybridized carbons (Fsp3) is 0.556. The van der Waals surface area contributed by atoms with Crippen LogP contribution >= 0.6 is 0 Å². The highest BCUT2D eigenvalue weighted by Crippen LogP contribution is 2.04. The molecule has 1 unspecified atom stereocenters. The number of hydrogen-bond donors (Lipinski definition) is 3. The van der Waals surface area contributed by atoms with Gasteiger partial charge in [-0.05, 0) is 25.1 Å². The lowest BCUT2D eigenvalue weighted by Gasteiger charge is -2.09. The number of nitrogens with one attached hydrogen (secondary N) is 1. The highest BCUT2D eigenvalue weighted by atomic mass is 16.3. The minimum atomic E-state index is -0.620. The molecule has 3 nitrogen and oxygen atoms in total. The monoisotopic (exact) mass is 170 g/mol. The van der Waals surface area contributed by atoms with Crippen molar-refractivity contribution in [3.8, 4) is 0 Å². The van der Waals surface area contributed by atoms with Crippen molar-refractivity contribution in [1.82, 2.24) is 5.32 Å². The van der Waals surface area contributed by atoms with E-state index in [0.29, 0.717) is 6.54 Å². The maximum atomic E-state index is 9.32. The zero-order valence-electron chi connectivity index (χ0n) is 7.80. The van der Waals surface area contributed by atoms with Crippen LogP contribution in [-0.2, 0) is 0 Å². The van der Waals surface area contributed by atoms with Gasteiger partial charge in [-0.1, -0.05) is 19.1 Å². The van der Waals surface area contributed by atoms with Crippen LogP contribution in [0.5, 0.6) is 0 Å². The molecular formula is C9H18N2O. The Morgan fingerprint density at radius 3 is 2.67 bits per heavy atom. The first-order valence-corrected chi connectivity index (χ1v) is 4.09. The van der Waals surface area contributed by atoms with Gasteiger partial charge in [0.15, 0.2) is 0 Å². The van der Waals surface area contributed by atoms with Crippen molar-refractivity contribution in [3.63, 3.8) is 0 Å². The van der Waals surface area contributed by atoms with E-state index in [1.54, 1.807) is 6.08 Å². The SMILES string of the molecule is C=C(C)/C(=C/C(O)NCC)CN. The van der Waals surface area contributed by atoms with Gasteiger partial charge in [-0.3, -0.25) is 5.32 Å². The molecule has 0 saturated carbocycles. The zero-order valence-corrected chi connectivity index (χ0v) is 7.80. The first-order valence-electron chi connectivity index (χ1n) is 4.09. The molecule has 0 aromatic rings. The molecule has 12 heavy (non-hydrogen) atoms. The first-order chi connectivity index (χ1) is 5.61. The zero-order chi connectivity index (χ0) is 9.56. The molecule has 0 aliphatic heterocycles. The number of hydrogen-bond acceptors (Lipinski definition) is 3. The first kappa shape index (κ1) is 11.4. The minimum Gasteiger partial charge on any atom is -0.375 e. The molecule has 0 spiro atoms. The second kappa shape index (κ2) is 5.94. The number of aliphatic hydroxyl groups excluding tert-OH is 1. The molecule has 0 aromatic carbocycles. The fourth-order valence-corrected chi connectivity index (χ4v) is 0.843. The van der Waals surface area contributed by atoms with Crippen molar-refractivity contribution in [2.45, 2.75) is 20.1 Å². The standard InChI is InChI=1S/C9H18N2O/c1-4-11-9(12)5-8(6-10)7(2)3/h5,9,11-12H,2,4,6,10H2,1,3H3/b8-5+. The Hall–Kier alpha value is -0.640. The summed E-state index contributed by atoms with van der Waals surface area (Å²) in [6.07, 6.45) is 1.07. The Bertz CT molecular complexity index is 175. The number of nitrogens with two attached hydrogens (primary N) is 1. The van der Waals surface area contributed by atoms with Gasteiger partial charge in [0.1, 0.15) is 6.23 Å². The van der Waals surface area contributed by atoms with Gasteiger partial charge in [-0.25, -0.2) is 0 Å². The van der Waals surface area contributed by atoms with Gasteiger partial charge in [-0.15, -0.1) is 0 Å². The van der Waals surface area contributed by atoms with Crippen molar-refractivity contribution in [3.05, 3.63) is 23.8 Å². The summed E-state index contributed by atoms with van der Waals surface area (Å²) in [6, 6.07) is 0. The molecule has 0 amide bonds. The number of aliphatic hydroxyl groups is 1. The second-order valence-electron chi connectivity index (χ2n) is 2.68. The largest absolute Gasteiger partial charge is 0.375 e. The average molecular weight is 170 g/mol. The van der Waals surface area contributed by atoms with Crippen molar-refractivity contribution in [1.29, 1.82) is 0 Å². The molecular weight excluding hydrogens is 152 g/mol. The van der Waals surface area contributed by atoms with Crippen molar-refractivity contribution in [2.24, 2.45) is 5.73 Å². The average Bonchev–Trinajstić information content (AvgIpc) is 2.00. The van der Waals surface area contributed by atoms with Crippen LogP contribution in [0, 0.1) is 0 Å². The molecule has 0 fully saturated rings. The lowest BCUT2D eigenvalue weighted by atomic mass is 10.1. The van der Waals surface area contributed by atoms with Crippen LogP contribution in [-0.4, -0.2) is 24.4 Å². The molecule has 0 heterocycles. The van der Waals surface area contributed by atoms with Crippen LogP contribution in [0.3, 0.4) is 0 Å². The predicted octanol–water partition coefficient (Wildman–Crippen LogP) is 0.375. The van der Waals surface area contributed by atoms with Gasteiger partial charge in [0.25, 0.3) is 0 Å². The molecule has 0 aliphatic rings. The topological polar surface area (TPSA) is 58.3 Å². The molecule has 70 valence electrons. The highest BCUT2D eigenvalue weighted by molar-refractivity contribution is 5.28. The summed E-state index contributed by atoms with van der Waals surface area (Å²) < 4.78 is 0. The third kappa shape index (κ3) is 4.28. The third-order valence-corrected chi connectivity index (χ3v) is 1.54. The van der Waals surface area contributed by atoms with E-state index in [9.17, 15) is 5.11 Å². The summed E-state index contributed by atoms with van der Waals surface area (Å²) in [5, 5.41) is 12.2. The van der Waals surface area contributed by atoms with Crippen LogP contribution in [0.25, 0.3) is 0 Å². The molecule has 0 aromatic heterocycles. The molecule has 4 N–H and O–H groups in total. The van der Waals surface area contributed by atoms with Crippen LogP contribution in [0.2, 0.25) is 0 Å². The maximum Gasteiger partial charge on any atom is 0.124 e. The van der Waals surface area contributed by atoms with Crippen LogP contribution < -0.4 is 11.1 Å². The Morgan fingerprint density at radius 2 is 2.33 bits per heavy atom. The number of likely N-dealkylation sites (N-methyl/N-ethyl adjacent to an activating group) is 1. The van der Waals surface area contributed by atoms with E-state index in [1.807, 2.05) is 13.8 Å². The quantitative estimate of drug-likeness (QED) is 0.413. The van der Waals surface area contributed by atoms with Gasteiger partial charge in [0.2, 0.25) is 0 Å². The molecule has 0 rings (SSSR count). The van der Waals surface area contributed by atoms with Crippen molar-refractivity contribution >= 4 is 0 Å². The van der Waals surface area contributed by atoms with E-state index < -0.39 is 6.23 Å². The van der Waals surface area contributed by atoms with Gasteiger partial charge >= 0.3 is 0 Å². The summed E-state index contributed by atoms with van der Waals surface area (Å²) in [4.78, 5) is 0. The summed E-state index contributed by atoms with van der Waals surface area (Å²) in [5.41, 5.74) is 7.24. The van der Waals surface area contributed by atoms with E-state index >= 15 is 0 Å². The lowest BCUT2D eigenvalue weighted by Crippen LogP contribution is -2.27. The van der Waals surface area contributed by atoms with Crippen LogP contribution in [0.15, 0.2) is 23.8 Å². The molecule has 0 aliphatic carbocycles. The van der Waals surface area contributed by atoms with E-state index in [4.69, 9.17) is 5.73 Å². The molecule has 3 heteroatoms. The van der Waals surface area contributed by atoms with E-state index in [2.05, 4.69) is 11.9 Å². The summed E-state index contributed by atoms with van der Waals surface area (Å²) in [7, 11) is 0. The minimum absolute atomic E-state index is 0.414. The third-order valence-electron chi connectivity index (χ3n) is 1.54. The molecule has 0 bridgehead atoms. The van der Waals surface area contributed by atoms with Crippen molar-refractivity contribution < 1.29 is 5.11 Å². The van der Waals surface area contributed by atoms with Crippen molar-refractivity contribution in [2.75, 3.05) is 13.1 Å². The summed E-state index contributed by atoms with van der Waals surface area (Å²) >= 11 is 0. The molecule has 1 atom stereocenters. The van der Waals surface area contributed by atoms with Gasteiger partial charge in [0.05, 0.1) is 0 Å². The van der Waals surface area contributed by atoms with Gasteiger partial charge in [0, 0.05) is 6.54 Å². The second-order valence-corrected chi connectivity index (χ2v) is 2.68. The van der Waals surface area contributed by atoms with E-state index in [-0.39, 0.29) is 0 Å². The van der Waals surface area contributed by atoms with Crippen LogP contribution in [0.4, 0.5) is 0 Å². The Balaban J connectivity index is 4.17. The van der Waals surface area contributed by atoms with Crippen LogP contribution in [0.1, 0.15) is 13.8 Å². The Morgan fingerprint density at radius 1 is 1.75 bits per heavy atom. The predicted molar refractivity (Wildman–Crippen MR) is 51.6 cm³/mol. The smallest absolute Gasteiger partial charge is 0.124 e. The maximum absolute atomic E-state index is 9.32. The summed E-state index contributed by atoms with van der Waals surface area (Å²) in [5.74, 6) is 0. The van der Waals surface area contributed by atoms with E-state index in [1.165, 1.54) is 0 Å².